The number of hydrogen-bond donors (Lipinski definition) is 1. The molecule has 1 heterocycles. The number of rotatable bonds is 3. The minimum absolute atomic E-state index is 0.189. The van der Waals surface area contributed by atoms with E-state index in [2.05, 4.69) is 0 Å². The highest BCUT2D eigenvalue weighted by molar-refractivity contribution is 5.04. The standard InChI is InChI=1S/C13H23NO/c14-13(6-5-12-2-1-7-15-12)9-10-3-4-11(13)8-10/h10-12H,1-9,14H2. The van der Waals surface area contributed by atoms with E-state index in [9.17, 15) is 0 Å². The van der Waals surface area contributed by atoms with Crippen molar-refractivity contribution >= 4 is 0 Å². The van der Waals surface area contributed by atoms with Crippen molar-refractivity contribution in [2.45, 2.75) is 63.0 Å². The molecule has 0 aromatic rings. The lowest BCUT2D eigenvalue weighted by Gasteiger charge is -2.34. The Morgan fingerprint density at radius 1 is 1.27 bits per heavy atom. The van der Waals surface area contributed by atoms with Crippen molar-refractivity contribution in [3.63, 3.8) is 0 Å². The van der Waals surface area contributed by atoms with Crippen molar-refractivity contribution in [3.05, 3.63) is 0 Å². The van der Waals surface area contributed by atoms with Crippen molar-refractivity contribution in [3.8, 4) is 0 Å². The first-order valence-electron chi connectivity index (χ1n) is 6.67. The van der Waals surface area contributed by atoms with Gasteiger partial charge >= 0.3 is 0 Å². The van der Waals surface area contributed by atoms with Crippen LogP contribution in [-0.2, 0) is 4.74 Å². The Hall–Kier alpha value is -0.0800. The topological polar surface area (TPSA) is 35.2 Å². The summed E-state index contributed by atoms with van der Waals surface area (Å²) in [5.41, 5.74) is 6.76. The van der Waals surface area contributed by atoms with Crippen LogP contribution in [0.5, 0.6) is 0 Å². The van der Waals surface area contributed by atoms with Gasteiger partial charge in [-0.15, -0.1) is 0 Å². The maximum Gasteiger partial charge on any atom is 0.0576 e. The quantitative estimate of drug-likeness (QED) is 0.775. The first-order valence-corrected chi connectivity index (χ1v) is 6.67. The van der Waals surface area contributed by atoms with Crippen LogP contribution in [0.2, 0.25) is 0 Å². The second-order valence-electron chi connectivity index (χ2n) is 5.99. The molecule has 2 aliphatic carbocycles. The molecule has 2 heteroatoms. The zero-order valence-corrected chi connectivity index (χ0v) is 9.58. The number of nitrogens with two attached hydrogens (primary N) is 1. The molecule has 2 bridgehead atoms. The molecule has 4 atom stereocenters. The van der Waals surface area contributed by atoms with Crippen molar-refractivity contribution < 1.29 is 4.74 Å². The van der Waals surface area contributed by atoms with Crippen LogP contribution in [0.25, 0.3) is 0 Å². The number of ether oxygens (including phenoxy) is 1. The monoisotopic (exact) mass is 209 g/mol. The minimum atomic E-state index is 0.189. The second kappa shape index (κ2) is 3.74. The Bertz CT molecular complexity index is 237. The normalized spacial score (nSPS) is 49.0. The molecule has 4 unspecified atom stereocenters. The van der Waals surface area contributed by atoms with Gasteiger partial charge in [0.05, 0.1) is 6.10 Å². The van der Waals surface area contributed by atoms with E-state index in [4.69, 9.17) is 10.5 Å². The second-order valence-corrected chi connectivity index (χ2v) is 5.99. The Kier molecular flexibility index (Phi) is 2.52. The third-order valence-electron chi connectivity index (χ3n) is 4.98. The average molecular weight is 209 g/mol. The first-order chi connectivity index (χ1) is 7.26. The van der Waals surface area contributed by atoms with Gasteiger partial charge in [0.15, 0.2) is 0 Å². The van der Waals surface area contributed by atoms with Crippen LogP contribution in [0, 0.1) is 11.8 Å². The summed E-state index contributed by atoms with van der Waals surface area (Å²) in [5.74, 6) is 1.80. The molecule has 3 fully saturated rings. The molecule has 2 N–H and O–H groups in total. The van der Waals surface area contributed by atoms with Crippen molar-refractivity contribution in [2.24, 2.45) is 17.6 Å². The van der Waals surface area contributed by atoms with Crippen LogP contribution in [0.15, 0.2) is 0 Å². The van der Waals surface area contributed by atoms with Crippen LogP contribution in [-0.4, -0.2) is 18.2 Å². The van der Waals surface area contributed by atoms with Gasteiger partial charge in [0.1, 0.15) is 0 Å². The zero-order chi connectivity index (χ0) is 10.3. The molecule has 3 aliphatic rings. The molecule has 86 valence electrons. The lowest BCUT2D eigenvalue weighted by Crippen LogP contribution is -2.45. The summed E-state index contributed by atoms with van der Waals surface area (Å²) in [6, 6.07) is 0. The molecule has 2 saturated carbocycles. The largest absolute Gasteiger partial charge is 0.378 e. The Labute approximate surface area is 92.6 Å². The molecular formula is C13H23NO. The molecule has 15 heavy (non-hydrogen) atoms. The molecule has 1 saturated heterocycles. The van der Waals surface area contributed by atoms with E-state index >= 15 is 0 Å². The summed E-state index contributed by atoms with van der Waals surface area (Å²) >= 11 is 0. The van der Waals surface area contributed by atoms with Gasteiger partial charge in [-0.05, 0) is 56.8 Å². The third-order valence-corrected chi connectivity index (χ3v) is 4.98. The molecule has 1 aliphatic heterocycles. The molecule has 0 aromatic heterocycles. The minimum Gasteiger partial charge on any atom is -0.378 e. The van der Waals surface area contributed by atoms with Crippen molar-refractivity contribution in [1.29, 1.82) is 0 Å². The SMILES string of the molecule is NC1(CCC2CCCO2)CC2CCC1C2. The average Bonchev–Trinajstić information content (AvgIpc) is 2.90. The highest BCUT2D eigenvalue weighted by Gasteiger charge is 2.48. The fourth-order valence-corrected chi connectivity index (χ4v) is 4.09. The predicted octanol–water partition coefficient (Wildman–Crippen LogP) is 2.46. The van der Waals surface area contributed by atoms with E-state index in [0.717, 1.165) is 18.4 Å². The summed E-state index contributed by atoms with van der Waals surface area (Å²) < 4.78 is 5.68. The fraction of sp³-hybridized carbons (Fsp3) is 1.00. The van der Waals surface area contributed by atoms with Crippen LogP contribution < -0.4 is 5.73 Å². The van der Waals surface area contributed by atoms with Gasteiger partial charge < -0.3 is 10.5 Å². The van der Waals surface area contributed by atoms with Gasteiger partial charge in [0.25, 0.3) is 0 Å². The Morgan fingerprint density at radius 2 is 2.20 bits per heavy atom. The van der Waals surface area contributed by atoms with Gasteiger partial charge in [-0.1, -0.05) is 6.42 Å². The first kappa shape index (κ1) is 10.1. The number of hydrogen-bond acceptors (Lipinski definition) is 2. The summed E-state index contributed by atoms with van der Waals surface area (Å²) in [6.07, 6.45) is 11.0. The maximum atomic E-state index is 6.57. The van der Waals surface area contributed by atoms with E-state index in [1.165, 1.54) is 51.4 Å². The Morgan fingerprint density at radius 3 is 2.80 bits per heavy atom. The van der Waals surface area contributed by atoms with E-state index in [1.807, 2.05) is 0 Å². The van der Waals surface area contributed by atoms with Crippen LogP contribution in [0.4, 0.5) is 0 Å². The molecule has 0 spiro atoms. The fourth-order valence-electron chi connectivity index (χ4n) is 4.09. The highest BCUT2D eigenvalue weighted by Crippen LogP contribution is 2.51. The molecule has 2 nitrogen and oxygen atoms in total. The van der Waals surface area contributed by atoms with Crippen LogP contribution in [0.1, 0.15) is 51.4 Å². The summed E-state index contributed by atoms with van der Waals surface area (Å²) in [4.78, 5) is 0. The lowest BCUT2D eigenvalue weighted by molar-refractivity contribution is 0.0905. The van der Waals surface area contributed by atoms with Gasteiger partial charge in [0, 0.05) is 12.1 Å². The summed E-state index contributed by atoms with van der Waals surface area (Å²) in [6.45, 7) is 0.980. The van der Waals surface area contributed by atoms with Crippen molar-refractivity contribution in [1.82, 2.24) is 0 Å². The smallest absolute Gasteiger partial charge is 0.0576 e. The van der Waals surface area contributed by atoms with Gasteiger partial charge in [-0.25, -0.2) is 0 Å². The molecule has 0 radical (unpaired) electrons. The van der Waals surface area contributed by atoms with E-state index in [1.54, 1.807) is 0 Å². The Balaban J connectivity index is 1.53. The van der Waals surface area contributed by atoms with Gasteiger partial charge in [0.2, 0.25) is 0 Å². The predicted molar refractivity (Wildman–Crippen MR) is 60.6 cm³/mol. The van der Waals surface area contributed by atoms with E-state index in [-0.39, 0.29) is 5.54 Å². The maximum absolute atomic E-state index is 6.57. The number of fused-ring (bicyclic) bond motifs is 2. The molecule has 0 amide bonds. The van der Waals surface area contributed by atoms with Crippen LogP contribution >= 0.6 is 0 Å². The molecule has 0 aromatic carbocycles. The van der Waals surface area contributed by atoms with E-state index < -0.39 is 0 Å². The van der Waals surface area contributed by atoms with Crippen LogP contribution in [0.3, 0.4) is 0 Å². The zero-order valence-electron chi connectivity index (χ0n) is 9.58. The summed E-state index contributed by atoms with van der Waals surface area (Å²) in [5, 5.41) is 0. The van der Waals surface area contributed by atoms with Gasteiger partial charge in [-0.3, -0.25) is 0 Å². The summed E-state index contributed by atoms with van der Waals surface area (Å²) in [7, 11) is 0. The highest BCUT2D eigenvalue weighted by atomic mass is 16.5. The lowest BCUT2D eigenvalue weighted by atomic mass is 9.78. The third kappa shape index (κ3) is 1.83. The van der Waals surface area contributed by atoms with Crippen molar-refractivity contribution in [2.75, 3.05) is 6.61 Å². The molecular weight excluding hydrogens is 186 g/mol. The van der Waals surface area contributed by atoms with Gasteiger partial charge in [-0.2, -0.15) is 0 Å². The van der Waals surface area contributed by atoms with E-state index in [0.29, 0.717) is 6.10 Å². The molecule has 3 rings (SSSR count).